The number of ether oxygens (including phenoxy) is 1. The van der Waals surface area contributed by atoms with Gasteiger partial charge < -0.3 is 20.9 Å². The highest BCUT2D eigenvalue weighted by Crippen LogP contribution is 2.18. The number of rotatable bonds is 5. The largest absolute Gasteiger partial charge is 0.493 e. The lowest BCUT2D eigenvalue weighted by molar-refractivity contribution is -0.122. The van der Waals surface area contributed by atoms with Crippen molar-refractivity contribution in [1.29, 1.82) is 0 Å². The summed E-state index contributed by atoms with van der Waals surface area (Å²) in [5.74, 6) is 0.675. The van der Waals surface area contributed by atoms with E-state index in [1.807, 2.05) is 12.1 Å². The van der Waals surface area contributed by atoms with Gasteiger partial charge in [0.1, 0.15) is 5.75 Å². The molecule has 0 atom stereocenters. The number of hydrogen-bond acceptors (Lipinski definition) is 4. The van der Waals surface area contributed by atoms with Crippen molar-refractivity contribution in [3.05, 3.63) is 24.3 Å². The lowest BCUT2D eigenvalue weighted by Gasteiger charge is -2.26. The molecule has 1 amide bonds. The van der Waals surface area contributed by atoms with Crippen molar-refractivity contribution in [2.45, 2.75) is 44.2 Å². The first-order chi connectivity index (χ1) is 9.63. The van der Waals surface area contributed by atoms with Crippen LogP contribution in [-0.4, -0.2) is 29.8 Å². The van der Waals surface area contributed by atoms with Crippen LogP contribution in [0.15, 0.2) is 24.3 Å². The Bertz CT molecular complexity index is 442. The van der Waals surface area contributed by atoms with E-state index in [9.17, 15) is 9.90 Å². The third-order valence-electron chi connectivity index (χ3n) is 3.52. The average molecular weight is 278 g/mol. The van der Waals surface area contributed by atoms with Crippen LogP contribution < -0.4 is 15.8 Å². The number of nitrogen functional groups attached to an aromatic ring is 1. The second-order valence-corrected chi connectivity index (χ2v) is 5.24. The molecule has 0 unspecified atom stereocenters. The Balaban J connectivity index is 1.65. The maximum Gasteiger partial charge on any atom is 0.223 e. The van der Waals surface area contributed by atoms with Crippen molar-refractivity contribution in [3.63, 3.8) is 0 Å². The van der Waals surface area contributed by atoms with E-state index < -0.39 is 0 Å². The molecule has 1 aliphatic carbocycles. The third kappa shape index (κ3) is 4.74. The van der Waals surface area contributed by atoms with Crippen molar-refractivity contribution < 1.29 is 14.6 Å². The van der Waals surface area contributed by atoms with E-state index in [0.717, 1.165) is 25.7 Å². The van der Waals surface area contributed by atoms with E-state index in [1.54, 1.807) is 12.1 Å². The molecule has 5 nitrogen and oxygen atoms in total. The van der Waals surface area contributed by atoms with Crippen LogP contribution in [0.1, 0.15) is 32.1 Å². The summed E-state index contributed by atoms with van der Waals surface area (Å²) in [6.45, 7) is 0.338. The predicted molar refractivity (Wildman–Crippen MR) is 77.4 cm³/mol. The first-order valence-electron chi connectivity index (χ1n) is 7.09. The van der Waals surface area contributed by atoms with Gasteiger partial charge in [0.2, 0.25) is 5.91 Å². The van der Waals surface area contributed by atoms with Crippen LogP contribution in [0.3, 0.4) is 0 Å². The highest BCUT2D eigenvalue weighted by Gasteiger charge is 2.20. The number of nitrogens with one attached hydrogen (secondary N) is 1. The van der Waals surface area contributed by atoms with Crippen LogP contribution in [0.25, 0.3) is 0 Å². The lowest BCUT2D eigenvalue weighted by atomic mass is 9.93. The molecule has 1 fully saturated rings. The van der Waals surface area contributed by atoms with Gasteiger partial charge in [-0.2, -0.15) is 0 Å². The number of amides is 1. The second-order valence-electron chi connectivity index (χ2n) is 5.24. The van der Waals surface area contributed by atoms with Gasteiger partial charge >= 0.3 is 0 Å². The zero-order chi connectivity index (χ0) is 14.4. The molecule has 1 aromatic rings. The van der Waals surface area contributed by atoms with Crippen molar-refractivity contribution in [2.24, 2.45) is 0 Å². The van der Waals surface area contributed by atoms with E-state index in [2.05, 4.69) is 5.32 Å². The van der Waals surface area contributed by atoms with Gasteiger partial charge in [-0.15, -0.1) is 0 Å². The minimum atomic E-state index is -0.199. The van der Waals surface area contributed by atoms with E-state index in [0.29, 0.717) is 24.5 Å². The number of carbonyl (C=O) groups is 1. The van der Waals surface area contributed by atoms with Gasteiger partial charge in [-0.05, 0) is 37.8 Å². The number of anilines is 1. The Labute approximate surface area is 119 Å². The molecule has 0 heterocycles. The number of carbonyl (C=O) groups excluding carboxylic acids is 1. The van der Waals surface area contributed by atoms with Gasteiger partial charge in [-0.3, -0.25) is 4.79 Å². The second kappa shape index (κ2) is 7.14. The first kappa shape index (κ1) is 14.7. The smallest absolute Gasteiger partial charge is 0.223 e. The zero-order valence-corrected chi connectivity index (χ0v) is 11.5. The molecule has 4 N–H and O–H groups in total. The van der Waals surface area contributed by atoms with E-state index >= 15 is 0 Å². The number of hydrogen-bond donors (Lipinski definition) is 3. The summed E-state index contributed by atoms with van der Waals surface area (Å²) in [6, 6.07) is 7.35. The summed E-state index contributed by atoms with van der Waals surface area (Å²) >= 11 is 0. The predicted octanol–water partition coefficient (Wildman–Crippen LogP) is 1.46. The molecule has 0 radical (unpaired) electrons. The summed E-state index contributed by atoms with van der Waals surface area (Å²) in [5.41, 5.74) is 6.29. The molecule has 0 spiro atoms. The van der Waals surface area contributed by atoms with E-state index in [-0.39, 0.29) is 18.1 Å². The topological polar surface area (TPSA) is 84.6 Å². The molecule has 1 aromatic carbocycles. The minimum absolute atomic E-state index is 0.00436. The molecular weight excluding hydrogens is 256 g/mol. The molecule has 1 aliphatic rings. The van der Waals surface area contributed by atoms with Gasteiger partial charge in [-0.1, -0.05) is 6.07 Å². The van der Waals surface area contributed by atoms with Crippen LogP contribution in [0, 0.1) is 0 Å². The van der Waals surface area contributed by atoms with Crippen molar-refractivity contribution in [3.8, 4) is 5.75 Å². The fourth-order valence-corrected chi connectivity index (χ4v) is 2.39. The molecule has 20 heavy (non-hydrogen) atoms. The number of benzene rings is 1. The van der Waals surface area contributed by atoms with Crippen molar-refractivity contribution in [2.75, 3.05) is 12.3 Å². The van der Waals surface area contributed by atoms with Gasteiger partial charge in [0.05, 0.1) is 19.1 Å². The van der Waals surface area contributed by atoms with Gasteiger partial charge in [0.15, 0.2) is 0 Å². The van der Waals surface area contributed by atoms with Crippen LogP contribution in [0.4, 0.5) is 5.69 Å². The molecule has 5 heteroatoms. The Morgan fingerprint density at radius 1 is 1.35 bits per heavy atom. The molecule has 0 bridgehead atoms. The molecule has 110 valence electrons. The van der Waals surface area contributed by atoms with Gasteiger partial charge in [0.25, 0.3) is 0 Å². The molecule has 2 rings (SSSR count). The summed E-state index contributed by atoms with van der Waals surface area (Å²) in [7, 11) is 0. The van der Waals surface area contributed by atoms with Crippen LogP contribution in [-0.2, 0) is 4.79 Å². The summed E-state index contributed by atoms with van der Waals surface area (Å²) < 4.78 is 5.48. The average Bonchev–Trinajstić information content (AvgIpc) is 2.41. The Hall–Kier alpha value is -1.75. The SMILES string of the molecule is Nc1cccc(OCCC(=O)NC2CCC(O)CC2)c1. The fourth-order valence-electron chi connectivity index (χ4n) is 2.39. The molecule has 0 saturated heterocycles. The summed E-state index contributed by atoms with van der Waals surface area (Å²) in [4.78, 5) is 11.8. The quantitative estimate of drug-likeness (QED) is 0.712. The fraction of sp³-hybridized carbons (Fsp3) is 0.533. The van der Waals surface area contributed by atoms with Crippen LogP contribution in [0.2, 0.25) is 0 Å². The van der Waals surface area contributed by atoms with Gasteiger partial charge in [-0.25, -0.2) is 0 Å². The third-order valence-corrected chi connectivity index (χ3v) is 3.52. The summed E-state index contributed by atoms with van der Waals surface area (Å²) in [6.07, 6.45) is 3.37. The lowest BCUT2D eigenvalue weighted by Crippen LogP contribution is -2.39. The number of aliphatic hydroxyl groups is 1. The maximum absolute atomic E-state index is 11.8. The van der Waals surface area contributed by atoms with Crippen LogP contribution >= 0.6 is 0 Å². The molecule has 0 aromatic heterocycles. The first-order valence-corrected chi connectivity index (χ1v) is 7.09. The molecular formula is C15H22N2O3. The number of aliphatic hydroxyl groups excluding tert-OH is 1. The van der Waals surface area contributed by atoms with Crippen molar-refractivity contribution in [1.82, 2.24) is 5.32 Å². The zero-order valence-electron chi connectivity index (χ0n) is 11.5. The van der Waals surface area contributed by atoms with E-state index in [1.165, 1.54) is 0 Å². The molecule has 0 aliphatic heterocycles. The van der Waals surface area contributed by atoms with Crippen molar-refractivity contribution >= 4 is 11.6 Å². The minimum Gasteiger partial charge on any atom is -0.493 e. The Morgan fingerprint density at radius 3 is 2.80 bits per heavy atom. The highest BCUT2D eigenvalue weighted by atomic mass is 16.5. The molecule has 1 saturated carbocycles. The van der Waals surface area contributed by atoms with Gasteiger partial charge in [0, 0.05) is 17.8 Å². The van der Waals surface area contributed by atoms with Crippen LogP contribution in [0.5, 0.6) is 5.75 Å². The number of nitrogens with two attached hydrogens (primary N) is 1. The summed E-state index contributed by atoms with van der Waals surface area (Å²) in [5, 5.41) is 12.4. The monoisotopic (exact) mass is 278 g/mol. The highest BCUT2D eigenvalue weighted by molar-refractivity contribution is 5.76. The Kier molecular flexibility index (Phi) is 5.24. The standard InChI is InChI=1S/C15H22N2O3/c16-11-2-1-3-14(10-11)20-9-8-15(19)17-12-4-6-13(18)7-5-12/h1-3,10,12-13,18H,4-9,16H2,(H,17,19). The maximum atomic E-state index is 11.8. The van der Waals surface area contributed by atoms with E-state index in [4.69, 9.17) is 10.5 Å². The Morgan fingerprint density at radius 2 is 2.10 bits per heavy atom. The normalized spacial score (nSPS) is 22.2.